The zero-order valence-electron chi connectivity index (χ0n) is 40.7. The topological polar surface area (TPSA) is 0 Å². The van der Waals surface area contributed by atoms with Gasteiger partial charge in [-0.25, -0.2) is 0 Å². The minimum Gasteiger partial charge on any atom is -0.149 e. The van der Waals surface area contributed by atoms with Crippen molar-refractivity contribution in [1.29, 1.82) is 0 Å². The van der Waals surface area contributed by atoms with Gasteiger partial charge in [-0.15, -0.1) is 11.1 Å². The Morgan fingerprint density at radius 2 is 0.471 bits per heavy atom. The van der Waals surface area contributed by atoms with Gasteiger partial charge in [-0.05, 0) is 196 Å². The number of aryl methyl sites for hydroxylation is 3. The second-order valence-corrected chi connectivity index (χ2v) is 23.6. The summed E-state index contributed by atoms with van der Waals surface area (Å²) in [6.45, 7) is 14.2. The van der Waals surface area contributed by atoms with Gasteiger partial charge in [-0.1, -0.05) is 200 Å². The number of rotatable bonds is 15. The van der Waals surface area contributed by atoms with E-state index in [1.54, 1.807) is 0 Å². The van der Waals surface area contributed by atoms with E-state index in [1.165, 1.54) is 116 Å². The Balaban J connectivity index is 1.46. The number of benzene rings is 9. The van der Waals surface area contributed by atoms with E-state index in [4.69, 9.17) is 0 Å². The summed E-state index contributed by atoms with van der Waals surface area (Å²) in [4.78, 5) is 0. The Morgan fingerprint density at radius 3 is 0.676 bits per heavy atom. The van der Waals surface area contributed by atoms with Gasteiger partial charge in [-0.3, -0.25) is 0 Å². The van der Waals surface area contributed by atoms with Crippen molar-refractivity contribution in [2.45, 2.75) is 80.1 Å². The molecule has 338 valence electrons. The second-order valence-electron chi connectivity index (χ2n) is 19.1. The summed E-state index contributed by atoms with van der Waals surface area (Å²) < 4.78 is 0. The van der Waals surface area contributed by atoms with E-state index < -0.39 is 7.38 Å². The molecule has 0 aliphatic rings. The van der Waals surface area contributed by atoms with Crippen LogP contribution in [0.15, 0.2) is 200 Å². The highest BCUT2D eigenvalue weighted by Crippen LogP contribution is 2.34. The van der Waals surface area contributed by atoms with Gasteiger partial charge < -0.3 is 0 Å². The molecule has 0 radical (unpaired) electrons. The molecule has 0 bridgehead atoms. The molecule has 0 aromatic heterocycles. The number of hydrogen-bond acceptors (Lipinski definition) is 0. The van der Waals surface area contributed by atoms with E-state index in [0.717, 1.165) is 38.5 Å². The van der Waals surface area contributed by atoms with Crippen molar-refractivity contribution in [3.63, 3.8) is 0 Å². The van der Waals surface area contributed by atoms with Crippen LogP contribution in [0.2, 0.25) is 0 Å². The van der Waals surface area contributed by atoms with Gasteiger partial charge in [-0.2, -0.15) is 0 Å². The molecule has 0 atom stereocenters. The standard InChI is InChI=1S/C66H63ClSi/c1-46-37-58(40-52-25-13-7-14-26-52)64(49(4)61(46)43-55-31-19-10-20-32-55)68(67,65-50(5)62(44-56-33-21-11-22-34-56)47(2)38-59(65)41-53-27-15-8-16-28-53)66-51(6)63(45-57-35-23-12-24-36-57)48(3)39-60(66)42-54-29-17-9-18-30-54/h7-39H,40-45H2,1-6H3. The van der Waals surface area contributed by atoms with Gasteiger partial charge in [0.2, 0.25) is 7.38 Å². The fourth-order valence-electron chi connectivity index (χ4n) is 11.2. The molecular weight excluding hydrogens is 856 g/mol. The normalized spacial score (nSPS) is 11.5. The lowest BCUT2D eigenvalue weighted by Gasteiger charge is -2.39. The van der Waals surface area contributed by atoms with Crippen LogP contribution in [0.3, 0.4) is 0 Å². The summed E-state index contributed by atoms with van der Waals surface area (Å²) in [5.74, 6) is 0. The molecule has 68 heavy (non-hydrogen) atoms. The summed E-state index contributed by atoms with van der Waals surface area (Å²) in [5.41, 5.74) is 23.8. The Hall–Kier alpha value is -6.51. The van der Waals surface area contributed by atoms with E-state index in [-0.39, 0.29) is 0 Å². The monoisotopic (exact) mass is 918 g/mol. The van der Waals surface area contributed by atoms with Gasteiger partial charge >= 0.3 is 0 Å². The maximum atomic E-state index is 9.67. The predicted molar refractivity (Wildman–Crippen MR) is 294 cm³/mol. The van der Waals surface area contributed by atoms with Crippen molar-refractivity contribution in [2.24, 2.45) is 0 Å². The average molecular weight is 920 g/mol. The molecule has 0 amide bonds. The molecule has 9 aromatic rings. The van der Waals surface area contributed by atoms with Gasteiger partial charge in [0.1, 0.15) is 0 Å². The van der Waals surface area contributed by atoms with Crippen molar-refractivity contribution >= 4 is 34.0 Å². The molecule has 0 nitrogen and oxygen atoms in total. The largest absolute Gasteiger partial charge is 0.249 e. The third-order valence-electron chi connectivity index (χ3n) is 14.5. The van der Waals surface area contributed by atoms with E-state index >= 15 is 0 Å². The van der Waals surface area contributed by atoms with Crippen molar-refractivity contribution in [3.8, 4) is 0 Å². The molecule has 0 unspecified atom stereocenters. The van der Waals surface area contributed by atoms with Crippen LogP contribution in [0.1, 0.15) is 100 Å². The Morgan fingerprint density at radius 1 is 0.279 bits per heavy atom. The van der Waals surface area contributed by atoms with Crippen molar-refractivity contribution in [1.82, 2.24) is 0 Å². The molecule has 0 spiro atoms. The molecule has 0 aliphatic carbocycles. The van der Waals surface area contributed by atoms with E-state index in [2.05, 4.69) is 242 Å². The highest BCUT2D eigenvalue weighted by Gasteiger charge is 2.47. The lowest BCUT2D eigenvalue weighted by atomic mass is 9.91. The minimum atomic E-state index is -3.65. The molecule has 9 aromatic carbocycles. The average Bonchev–Trinajstić information content (AvgIpc) is 3.35. The molecular formula is C66H63ClSi. The van der Waals surface area contributed by atoms with Gasteiger partial charge in [0.05, 0.1) is 0 Å². The smallest absolute Gasteiger partial charge is 0.149 e. The van der Waals surface area contributed by atoms with E-state index in [9.17, 15) is 11.1 Å². The van der Waals surface area contributed by atoms with Gasteiger partial charge in [0.15, 0.2) is 0 Å². The number of halogens is 1. The van der Waals surface area contributed by atoms with Crippen LogP contribution in [0.25, 0.3) is 0 Å². The van der Waals surface area contributed by atoms with Crippen molar-refractivity contribution in [3.05, 3.63) is 300 Å². The fraction of sp³-hybridized carbons (Fsp3) is 0.182. The van der Waals surface area contributed by atoms with Crippen molar-refractivity contribution < 1.29 is 0 Å². The highest BCUT2D eigenvalue weighted by molar-refractivity contribution is 7.41. The molecule has 9 rings (SSSR count). The first-order valence-corrected chi connectivity index (χ1v) is 27.4. The zero-order valence-corrected chi connectivity index (χ0v) is 42.4. The molecule has 0 saturated heterocycles. The first-order valence-electron chi connectivity index (χ1n) is 24.4. The summed E-state index contributed by atoms with van der Waals surface area (Å²) in [6, 6.07) is 73.8. The quantitative estimate of drug-likeness (QED) is 0.0546. The lowest BCUT2D eigenvalue weighted by Crippen LogP contribution is -2.68. The lowest BCUT2D eigenvalue weighted by molar-refractivity contribution is 1.09. The SMILES string of the molecule is Cc1cc(Cc2ccccc2)c([Si](Cl)(c2c(Cc3ccccc3)cc(C)c(Cc3ccccc3)c2C)c2c(Cc3ccccc3)cc(C)c(Cc3ccccc3)c2C)c(C)c1Cc1ccccc1. The molecule has 0 fully saturated rings. The molecule has 0 aliphatic heterocycles. The van der Waals surface area contributed by atoms with Crippen molar-refractivity contribution in [2.75, 3.05) is 0 Å². The summed E-state index contributed by atoms with van der Waals surface area (Å²) >= 11 is 9.67. The van der Waals surface area contributed by atoms with E-state index in [1.807, 2.05) is 0 Å². The summed E-state index contributed by atoms with van der Waals surface area (Å²) in [6.07, 6.45) is 4.88. The van der Waals surface area contributed by atoms with Gasteiger partial charge in [0.25, 0.3) is 0 Å². The molecule has 2 heteroatoms. The predicted octanol–water partition coefficient (Wildman–Crippen LogP) is 14.3. The first kappa shape index (κ1) is 46.6. The van der Waals surface area contributed by atoms with Crippen LogP contribution < -0.4 is 15.6 Å². The van der Waals surface area contributed by atoms with E-state index in [0.29, 0.717) is 0 Å². The fourth-order valence-corrected chi connectivity index (χ4v) is 18.1. The maximum absolute atomic E-state index is 9.67. The summed E-state index contributed by atoms with van der Waals surface area (Å²) in [5, 5.41) is 4.04. The third kappa shape index (κ3) is 9.88. The van der Waals surface area contributed by atoms with Crippen LogP contribution in [0, 0.1) is 41.5 Å². The second kappa shape index (κ2) is 20.8. The van der Waals surface area contributed by atoms with Crippen LogP contribution in [0.5, 0.6) is 0 Å². The highest BCUT2D eigenvalue weighted by atomic mass is 35.6. The van der Waals surface area contributed by atoms with Gasteiger partial charge in [0, 0.05) is 0 Å². The summed E-state index contributed by atoms with van der Waals surface area (Å²) in [7, 11) is -3.65. The Kier molecular flexibility index (Phi) is 14.2. The van der Waals surface area contributed by atoms with Crippen LogP contribution in [0.4, 0.5) is 0 Å². The van der Waals surface area contributed by atoms with Crippen LogP contribution >= 0.6 is 11.1 Å². The molecule has 0 heterocycles. The first-order chi connectivity index (χ1) is 33.1. The minimum absolute atomic E-state index is 0.788. The zero-order chi connectivity index (χ0) is 47.2. The maximum Gasteiger partial charge on any atom is 0.249 e. The van der Waals surface area contributed by atoms with Crippen LogP contribution in [-0.2, 0) is 38.5 Å². The Bertz CT molecular complexity index is 2800. The third-order valence-corrected chi connectivity index (χ3v) is 20.3. The molecule has 0 saturated carbocycles. The molecule has 0 N–H and O–H groups in total. The van der Waals surface area contributed by atoms with Crippen LogP contribution in [-0.4, -0.2) is 7.38 Å². The number of hydrogen-bond donors (Lipinski definition) is 0. The Labute approximate surface area is 412 Å².